The van der Waals surface area contributed by atoms with Gasteiger partial charge >= 0.3 is 0 Å². The van der Waals surface area contributed by atoms with Crippen LogP contribution < -0.4 is 0 Å². The quantitative estimate of drug-likeness (QED) is 0.771. The van der Waals surface area contributed by atoms with Crippen LogP contribution in [0.4, 0.5) is 0 Å². The third-order valence-electron chi connectivity index (χ3n) is 4.24. The van der Waals surface area contributed by atoms with Crippen LogP contribution in [-0.2, 0) is 4.79 Å². The first kappa shape index (κ1) is 18.1. The van der Waals surface area contributed by atoms with E-state index < -0.39 is 0 Å². The van der Waals surface area contributed by atoms with Gasteiger partial charge < -0.3 is 9.90 Å². The maximum Gasteiger partial charge on any atom is 0.129 e. The minimum Gasteiger partial charge on any atom is -0.392 e. The van der Waals surface area contributed by atoms with Gasteiger partial charge in [-0.1, -0.05) is 44.1 Å². The highest BCUT2D eigenvalue weighted by Gasteiger charge is 2.33. The van der Waals surface area contributed by atoms with E-state index in [1.165, 1.54) is 12.0 Å². The number of aliphatic hydroxyl groups excluding tert-OH is 1. The van der Waals surface area contributed by atoms with Crippen LogP contribution >= 0.6 is 0 Å². The van der Waals surface area contributed by atoms with E-state index in [2.05, 4.69) is 32.9 Å². The van der Waals surface area contributed by atoms with Gasteiger partial charge in [-0.3, -0.25) is 0 Å². The Kier molecular flexibility index (Phi) is 7.93. The van der Waals surface area contributed by atoms with Crippen molar-refractivity contribution in [3.05, 3.63) is 23.3 Å². The summed E-state index contributed by atoms with van der Waals surface area (Å²) in [5.74, 6) is 0.967. The standard InChI is InChI=1S/C13H22O.C4H8O/c1-10(9-14)5-7-12-8-6-11(2)13(12,3)4;1-3-4(2)5/h5-6,12,14H,7-9H2,1-4H3;3H2,1-2H3. The fourth-order valence-corrected chi connectivity index (χ4v) is 2.00. The van der Waals surface area contributed by atoms with Gasteiger partial charge in [-0.25, -0.2) is 0 Å². The predicted octanol–water partition coefficient (Wildman–Crippen LogP) is 4.29. The van der Waals surface area contributed by atoms with Crippen molar-refractivity contribution < 1.29 is 9.90 Å². The molecule has 1 aliphatic rings. The molecule has 0 spiro atoms. The van der Waals surface area contributed by atoms with Gasteiger partial charge in [0.1, 0.15) is 5.78 Å². The van der Waals surface area contributed by atoms with E-state index in [-0.39, 0.29) is 12.4 Å². The molecule has 110 valence electrons. The lowest BCUT2D eigenvalue weighted by Crippen LogP contribution is -2.19. The molecule has 0 saturated heterocycles. The summed E-state index contributed by atoms with van der Waals surface area (Å²) in [5.41, 5.74) is 2.94. The van der Waals surface area contributed by atoms with Gasteiger partial charge in [0, 0.05) is 6.42 Å². The number of allylic oxidation sites excluding steroid dienone is 3. The number of carbonyl (C=O) groups is 1. The van der Waals surface area contributed by atoms with E-state index in [4.69, 9.17) is 5.11 Å². The molecule has 0 fully saturated rings. The zero-order valence-corrected chi connectivity index (χ0v) is 13.4. The van der Waals surface area contributed by atoms with Crippen molar-refractivity contribution in [3.63, 3.8) is 0 Å². The Morgan fingerprint density at radius 3 is 2.32 bits per heavy atom. The highest BCUT2D eigenvalue weighted by Crippen LogP contribution is 2.44. The van der Waals surface area contributed by atoms with E-state index in [1.54, 1.807) is 6.92 Å². The molecule has 0 aromatic rings. The summed E-state index contributed by atoms with van der Waals surface area (Å²) in [4.78, 5) is 9.81. The Morgan fingerprint density at radius 1 is 1.47 bits per heavy atom. The highest BCUT2D eigenvalue weighted by atomic mass is 16.3. The summed E-state index contributed by atoms with van der Waals surface area (Å²) in [6.07, 6.45) is 7.48. The van der Waals surface area contributed by atoms with Crippen LogP contribution in [0.25, 0.3) is 0 Å². The molecule has 1 N–H and O–H groups in total. The number of carbonyl (C=O) groups excluding carboxylic acids is 1. The van der Waals surface area contributed by atoms with Crippen molar-refractivity contribution in [2.75, 3.05) is 6.61 Å². The topological polar surface area (TPSA) is 37.3 Å². The zero-order chi connectivity index (χ0) is 15.1. The molecule has 0 bridgehead atoms. The van der Waals surface area contributed by atoms with E-state index in [0.29, 0.717) is 17.8 Å². The summed E-state index contributed by atoms with van der Waals surface area (Å²) in [6.45, 7) is 12.5. The Balaban J connectivity index is 0.000000555. The Labute approximate surface area is 118 Å². The molecule has 1 rings (SSSR count). The minimum absolute atomic E-state index is 0.194. The lowest BCUT2D eigenvalue weighted by atomic mass is 9.76. The molecule has 0 amide bonds. The number of rotatable bonds is 4. The number of hydrogen-bond donors (Lipinski definition) is 1. The van der Waals surface area contributed by atoms with E-state index in [9.17, 15) is 4.79 Å². The fraction of sp³-hybridized carbons (Fsp3) is 0.706. The van der Waals surface area contributed by atoms with Crippen LogP contribution in [-0.4, -0.2) is 17.5 Å². The fourth-order valence-electron chi connectivity index (χ4n) is 2.00. The second-order valence-corrected chi connectivity index (χ2v) is 6.04. The van der Waals surface area contributed by atoms with E-state index in [0.717, 1.165) is 12.0 Å². The molecule has 0 heterocycles. The molecule has 0 aromatic carbocycles. The molecule has 19 heavy (non-hydrogen) atoms. The second kappa shape index (κ2) is 8.31. The lowest BCUT2D eigenvalue weighted by Gasteiger charge is -2.29. The maximum atomic E-state index is 9.81. The van der Waals surface area contributed by atoms with Crippen molar-refractivity contribution in [2.45, 2.75) is 60.8 Å². The predicted molar refractivity (Wildman–Crippen MR) is 82.1 cm³/mol. The van der Waals surface area contributed by atoms with Gasteiger partial charge in [-0.05, 0) is 44.9 Å². The summed E-state index contributed by atoms with van der Waals surface area (Å²) < 4.78 is 0. The molecule has 0 radical (unpaired) electrons. The first-order valence-corrected chi connectivity index (χ1v) is 7.18. The highest BCUT2D eigenvalue weighted by molar-refractivity contribution is 5.74. The molecule has 1 atom stereocenters. The van der Waals surface area contributed by atoms with Crippen molar-refractivity contribution >= 4 is 5.78 Å². The largest absolute Gasteiger partial charge is 0.392 e. The number of hydrogen-bond acceptors (Lipinski definition) is 2. The SMILES string of the molecule is CC(=CCC1CC=C(C)C1(C)C)CO.CCC(C)=O. The van der Waals surface area contributed by atoms with Crippen LogP contribution in [0.15, 0.2) is 23.3 Å². The Bertz CT molecular complexity index is 348. The number of Topliss-reactive ketones (excluding diaryl/α,β-unsaturated/α-hetero) is 1. The summed E-state index contributed by atoms with van der Waals surface area (Å²) in [6, 6.07) is 0. The average Bonchev–Trinajstić information content (AvgIpc) is 2.62. The van der Waals surface area contributed by atoms with Crippen molar-refractivity contribution in [1.29, 1.82) is 0 Å². The summed E-state index contributed by atoms with van der Waals surface area (Å²) in [7, 11) is 0. The van der Waals surface area contributed by atoms with Gasteiger partial charge in [-0.15, -0.1) is 0 Å². The Morgan fingerprint density at radius 2 is 2.00 bits per heavy atom. The van der Waals surface area contributed by atoms with Crippen molar-refractivity contribution in [2.24, 2.45) is 11.3 Å². The third-order valence-corrected chi connectivity index (χ3v) is 4.24. The minimum atomic E-state index is 0.194. The molecular weight excluding hydrogens is 236 g/mol. The van der Waals surface area contributed by atoms with Gasteiger partial charge in [0.25, 0.3) is 0 Å². The second-order valence-electron chi connectivity index (χ2n) is 6.04. The van der Waals surface area contributed by atoms with E-state index in [1.807, 2.05) is 13.8 Å². The van der Waals surface area contributed by atoms with Crippen LogP contribution in [0.5, 0.6) is 0 Å². The normalized spacial score (nSPS) is 21.5. The molecule has 0 saturated carbocycles. The monoisotopic (exact) mass is 266 g/mol. The average molecular weight is 266 g/mol. The molecule has 0 aliphatic heterocycles. The zero-order valence-electron chi connectivity index (χ0n) is 13.4. The van der Waals surface area contributed by atoms with Crippen molar-refractivity contribution in [3.8, 4) is 0 Å². The molecular formula is C17H30O2. The molecule has 1 unspecified atom stereocenters. The molecule has 2 nitrogen and oxygen atoms in total. The summed E-state index contributed by atoms with van der Waals surface area (Å²) in [5, 5.41) is 8.91. The van der Waals surface area contributed by atoms with Crippen molar-refractivity contribution in [1.82, 2.24) is 0 Å². The van der Waals surface area contributed by atoms with Crippen LogP contribution in [0.2, 0.25) is 0 Å². The van der Waals surface area contributed by atoms with Gasteiger partial charge in [0.05, 0.1) is 6.61 Å². The third kappa shape index (κ3) is 6.20. The maximum absolute atomic E-state index is 9.81. The Hall–Kier alpha value is -0.890. The van der Waals surface area contributed by atoms with Crippen LogP contribution in [0.1, 0.15) is 60.8 Å². The van der Waals surface area contributed by atoms with Crippen LogP contribution in [0, 0.1) is 11.3 Å². The molecule has 0 aromatic heterocycles. The van der Waals surface area contributed by atoms with Gasteiger partial charge in [0.2, 0.25) is 0 Å². The summed E-state index contributed by atoms with van der Waals surface area (Å²) >= 11 is 0. The number of aliphatic hydroxyl groups is 1. The van der Waals surface area contributed by atoms with Gasteiger partial charge in [-0.2, -0.15) is 0 Å². The van der Waals surface area contributed by atoms with Crippen LogP contribution in [0.3, 0.4) is 0 Å². The molecule has 2 heteroatoms. The van der Waals surface area contributed by atoms with E-state index >= 15 is 0 Å². The molecule has 1 aliphatic carbocycles. The van der Waals surface area contributed by atoms with Gasteiger partial charge in [0.15, 0.2) is 0 Å². The lowest BCUT2D eigenvalue weighted by molar-refractivity contribution is -0.116. The number of ketones is 1. The first-order valence-electron chi connectivity index (χ1n) is 7.18. The smallest absolute Gasteiger partial charge is 0.129 e. The first-order chi connectivity index (χ1) is 8.75.